The molecule has 0 atom stereocenters. The summed E-state index contributed by atoms with van der Waals surface area (Å²) >= 11 is 7.72. The molecule has 0 unspecified atom stereocenters. The van der Waals surface area contributed by atoms with Gasteiger partial charge in [-0.05, 0) is 52.9 Å². The lowest BCUT2D eigenvalue weighted by Gasteiger charge is -2.16. The topological polar surface area (TPSA) is 37.4 Å². The highest BCUT2D eigenvalue weighted by atomic mass is 127. The van der Waals surface area contributed by atoms with E-state index in [1.54, 1.807) is 24.3 Å². The molecule has 0 amide bonds. The van der Waals surface area contributed by atoms with Crippen LogP contribution in [0.2, 0.25) is 0 Å². The van der Waals surface area contributed by atoms with Crippen LogP contribution in [0.3, 0.4) is 0 Å². The van der Waals surface area contributed by atoms with Gasteiger partial charge < -0.3 is 0 Å². The van der Waals surface area contributed by atoms with Crippen molar-refractivity contribution >= 4 is 50.1 Å². The highest BCUT2D eigenvalue weighted by Gasteiger charge is 2.25. The molecule has 0 bridgehead atoms. The zero-order chi connectivity index (χ0) is 14.0. The fourth-order valence-electron chi connectivity index (χ4n) is 1.44. The molecule has 0 saturated heterocycles. The van der Waals surface area contributed by atoms with Crippen LogP contribution in [0.15, 0.2) is 53.4 Å². The molecule has 0 spiro atoms. The number of anilines is 1. The van der Waals surface area contributed by atoms with Gasteiger partial charge in [0.05, 0.1) is 4.90 Å². The Balaban J connectivity index is 2.47. The highest BCUT2D eigenvalue weighted by molar-refractivity contribution is 14.1. The van der Waals surface area contributed by atoms with Crippen LogP contribution in [0, 0.1) is 9.39 Å². The molecular weight excluding hydrogens is 404 g/mol. The Morgan fingerprint density at radius 2 is 1.74 bits per heavy atom. The van der Waals surface area contributed by atoms with Gasteiger partial charge in [0.2, 0.25) is 0 Å². The minimum atomic E-state index is -3.97. The predicted molar refractivity (Wildman–Crippen MR) is 81.1 cm³/mol. The van der Waals surface area contributed by atoms with E-state index in [9.17, 15) is 12.8 Å². The van der Waals surface area contributed by atoms with E-state index in [1.165, 1.54) is 24.3 Å². The molecule has 2 aromatic carbocycles. The standard InChI is InChI=1S/C12H8ClFINO2S/c13-16(12-7-6-9(15)8-11(12)14)19(17,18)10-4-2-1-3-5-10/h1-8H. The summed E-state index contributed by atoms with van der Waals surface area (Å²) in [5.41, 5.74) is -0.203. The molecule has 0 aliphatic heterocycles. The summed E-state index contributed by atoms with van der Waals surface area (Å²) in [5, 5.41) is 0. The number of hydrogen-bond donors (Lipinski definition) is 0. The van der Waals surface area contributed by atoms with Crippen LogP contribution < -0.4 is 3.82 Å². The molecule has 0 aromatic heterocycles. The molecule has 7 heteroatoms. The summed E-state index contributed by atoms with van der Waals surface area (Å²) in [4.78, 5) is 0.00273. The molecular formula is C12H8ClFINO2S. The zero-order valence-corrected chi connectivity index (χ0v) is 13.2. The van der Waals surface area contributed by atoms with Gasteiger partial charge in [-0.15, -0.1) is 0 Å². The minimum Gasteiger partial charge on any atom is -0.205 e. The maximum atomic E-state index is 13.8. The van der Waals surface area contributed by atoms with E-state index < -0.39 is 15.8 Å². The number of nitrogens with zero attached hydrogens (tertiary/aromatic N) is 1. The maximum absolute atomic E-state index is 13.8. The SMILES string of the molecule is O=S(=O)(c1ccccc1)N(Cl)c1ccc(I)cc1F. The quantitative estimate of drug-likeness (QED) is 0.569. The van der Waals surface area contributed by atoms with E-state index in [1.807, 2.05) is 22.6 Å². The van der Waals surface area contributed by atoms with Gasteiger partial charge in [-0.1, -0.05) is 18.2 Å². The summed E-state index contributed by atoms with van der Waals surface area (Å²) in [5.74, 6) is -0.693. The van der Waals surface area contributed by atoms with Crippen LogP contribution in [0.4, 0.5) is 10.1 Å². The zero-order valence-electron chi connectivity index (χ0n) is 9.42. The summed E-state index contributed by atoms with van der Waals surface area (Å²) in [6.45, 7) is 0. The molecule has 3 nitrogen and oxygen atoms in total. The van der Waals surface area contributed by atoms with Gasteiger partial charge >= 0.3 is 0 Å². The van der Waals surface area contributed by atoms with Crippen LogP contribution in [0.25, 0.3) is 0 Å². The number of sulfonamides is 1. The van der Waals surface area contributed by atoms with Crippen LogP contribution in [0.1, 0.15) is 0 Å². The van der Waals surface area contributed by atoms with Gasteiger partial charge in [0.1, 0.15) is 11.5 Å². The molecule has 100 valence electrons. The Morgan fingerprint density at radius 3 is 2.32 bits per heavy atom. The third-order valence-electron chi connectivity index (χ3n) is 2.35. The lowest BCUT2D eigenvalue weighted by Crippen LogP contribution is -2.22. The smallest absolute Gasteiger partial charge is 0.205 e. The fourth-order valence-corrected chi connectivity index (χ4v) is 3.36. The van der Waals surface area contributed by atoms with Crippen molar-refractivity contribution in [2.75, 3.05) is 3.82 Å². The molecule has 0 aliphatic carbocycles. The largest absolute Gasteiger partial charge is 0.278 e. The molecule has 2 aromatic rings. The van der Waals surface area contributed by atoms with Gasteiger partial charge in [0, 0.05) is 15.3 Å². The Labute approximate surface area is 129 Å². The van der Waals surface area contributed by atoms with Crippen LogP contribution in [-0.4, -0.2) is 8.42 Å². The van der Waals surface area contributed by atoms with Gasteiger partial charge in [-0.25, -0.2) is 4.39 Å². The van der Waals surface area contributed by atoms with Crippen molar-refractivity contribution in [1.29, 1.82) is 0 Å². The van der Waals surface area contributed by atoms with Crippen molar-refractivity contribution in [3.63, 3.8) is 0 Å². The van der Waals surface area contributed by atoms with E-state index in [4.69, 9.17) is 11.8 Å². The van der Waals surface area contributed by atoms with Crippen molar-refractivity contribution < 1.29 is 12.8 Å². The summed E-state index contributed by atoms with van der Waals surface area (Å²) in [6.07, 6.45) is 0. The Morgan fingerprint density at radius 1 is 1.11 bits per heavy atom. The van der Waals surface area contributed by atoms with E-state index in [-0.39, 0.29) is 10.6 Å². The predicted octanol–water partition coefficient (Wildman–Crippen LogP) is 3.78. The monoisotopic (exact) mass is 411 g/mol. The van der Waals surface area contributed by atoms with Crippen LogP contribution in [-0.2, 0) is 10.0 Å². The van der Waals surface area contributed by atoms with Gasteiger partial charge in [-0.2, -0.15) is 12.2 Å². The Bertz CT molecular complexity index is 694. The average molecular weight is 412 g/mol. The molecule has 0 fully saturated rings. The molecule has 0 saturated carbocycles. The maximum Gasteiger partial charge on any atom is 0.278 e. The first-order valence-electron chi connectivity index (χ1n) is 5.14. The van der Waals surface area contributed by atoms with Crippen molar-refractivity contribution in [1.82, 2.24) is 0 Å². The van der Waals surface area contributed by atoms with E-state index in [0.717, 1.165) is 0 Å². The lowest BCUT2D eigenvalue weighted by atomic mass is 10.3. The van der Waals surface area contributed by atoms with Crippen molar-refractivity contribution in [3.05, 3.63) is 57.9 Å². The first-order valence-corrected chi connectivity index (χ1v) is 8.00. The number of rotatable bonds is 3. The second-order valence-electron chi connectivity index (χ2n) is 3.63. The van der Waals surface area contributed by atoms with Gasteiger partial charge in [0.25, 0.3) is 10.0 Å². The normalized spacial score (nSPS) is 11.3. The van der Waals surface area contributed by atoms with Crippen molar-refractivity contribution in [2.24, 2.45) is 0 Å². The summed E-state index contributed by atoms with van der Waals surface area (Å²) in [6, 6.07) is 11.7. The molecule has 2 rings (SSSR count). The second kappa shape index (κ2) is 5.64. The van der Waals surface area contributed by atoms with Crippen LogP contribution in [0.5, 0.6) is 0 Å². The molecule has 19 heavy (non-hydrogen) atoms. The van der Waals surface area contributed by atoms with Crippen molar-refractivity contribution in [2.45, 2.75) is 4.90 Å². The first-order chi connectivity index (χ1) is 8.93. The van der Waals surface area contributed by atoms with E-state index in [0.29, 0.717) is 7.39 Å². The van der Waals surface area contributed by atoms with E-state index >= 15 is 0 Å². The minimum absolute atomic E-state index is 0.00273. The third kappa shape index (κ3) is 3.01. The first kappa shape index (κ1) is 14.5. The lowest BCUT2D eigenvalue weighted by molar-refractivity contribution is 0.594. The highest BCUT2D eigenvalue weighted by Crippen LogP contribution is 2.28. The average Bonchev–Trinajstić information content (AvgIpc) is 2.39. The number of hydrogen-bond acceptors (Lipinski definition) is 2. The number of halogens is 3. The third-order valence-corrected chi connectivity index (χ3v) is 5.24. The van der Waals surface area contributed by atoms with Gasteiger partial charge in [0.15, 0.2) is 0 Å². The summed E-state index contributed by atoms with van der Waals surface area (Å²) in [7, 11) is -3.97. The second-order valence-corrected chi connectivity index (χ2v) is 7.20. The molecule has 0 N–H and O–H groups in total. The van der Waals surface area contributed by atoms with Crippen LogP contribution >= 0.6 is 34.4 Å². The van der Waals surface area contributed by atoms with Gasteiger partial charge in [-0.3, -0.25) is 0 Å². The number of benzene rings is 2. The molecule has 0 aliphatic rings. The summed E-state index contributed by atoms with van der Waals surface area (Å²) < 4.78 is 39.2. The fraction of sp³-hybridized carbons (Fsp3) is 0. The Hall–Kier alpha value is -0.860. The molecule has 0 radical (unpaired) electrons. The van der Waals surface area contributed by atoms with Crippen molar-refractivity contribution in [3.8, 4) is 0 Å². The molecule has 0 heterocycles. The van der Waals surface area contributed by atoms with E-state index in [2.05, 4.69) is 0 Å². The Kier molecular flexibility index (Phi) is 4.32.